The third kappa shape index (κ3) is 4.38. The van der Waals surface area contributed by atoms with Crippen LogP contribution in [0.3, 0.4) is 0 Å². The average molecular weight is 501 g/mol. The molecule has 0 saturated heterocycles. The minimum atomic E-state index is -1.62. The number of primary amides is 1. The van der Waals surface area contributed by atoms with Gasteiger partial charge in [0.05, 0.1) is 12.2 Å². The van der Waals surface area contributed by atoms with E-state index in [-0.39, 0.29) is 24.8 Å². The van der Waals surface area contributed by atoms with Crippen LogP contribution in [0.4, 0.5) is 4.39 Å². The molecule has 4 N–H and O–H groups in total. The number of fused-ring (bicyclic) bond motifs is 2. The van der Waals surface area contributed by atoms with E-state index in [0.29, 0.717) is 28.1 Å². The summed E-state index contributed by atoms with van der Waals surface area (Å²) in [4.78, 5) is 33.9. The predicted molar refractivity (Wildman–Crippen MR) is 135 cm³/mol. The highest BCUT2D eigenvalue weighted by molar-refractivity contribution is 5.98. The molecule has 0 bridgehead atoms. The minimum absolute atomic E-state index is 0.00730. The quantitative estimate of drug-likeness (QED) is 0.373. The molecule has 1 aliphatic rings. The maximum atomic E-state index is 13.6. The summed E-state index contributed by atoms with van der Waals surface area (Å²) in [7, 11) is 0. The average Bonchev–Trinajstić information content (AvgIpc) is 3.25. The molecular formula is C28H25FN4O4. The van der Waals surface area contributed by atoms with Gasteiger partial charge in [0.1, 0.15) is 34.9 Å². The van der Waals surface area contributed by atoms with Crippen LogP contribution in [0.15, 0.2) is 67.0 Å². The molecule has 37 heavy (non-hydrogen) atoms. The molecule has 0 spiro atoms. The number of ether oxygens (including phenoxy) is 1. The Kier molecular flexibility index (Phi) is 5.88. The summed E-state index contributed by atoms with van der Waals surface area (Å²) in [6, 6.07) is 14.3. The molecule has 2 atom stereocenters. The van der Waals surface area contributed by atoms with Gasteiger partial charge in [-0.1, -0.05) is 6.07 Å². The van der Waals surface area contributed by atoms with Gasteiger partial charge < -0.3 is 20.9 Å². The van der Waals surface area contributed by atoms with Crippen molar-refractivity contribution in [1.82, 2.24) is 15.3 Å². The summed E-state index contributed by atoms with van der Waals surface area (Å²) in [5.41, 5.74) is 4.91. The maximum Gasteiger partial charge on any atom is 0.251 e. The van der Waals surface area contributed by atoms with Gasteiger partial charge in [-0.3, -0.25) is 14.6 Å². The zero-order valence-electron chi connectivity index (χ0n) is 20.3. The zero-order valence-corrected chi connectivity index (χ0v) is 20.3. The number of rotatable bonds is 6. The molecule has 0 unspecified atom stereocenters. The van der Waals surface area contributed by atoms with Gasteiger partial charge >= 0.3 is 0 Å². The van der Waals surface area contributed by atoms with Crippen molar-refractivity contribution in [1.29, 1.82) is 0 Å². The Morgan fingerprint density at radius 2 is 1.92 bits per heavy atom. The van der Waals surface area contributed by atoms with Crippen molar-refractivity contribution in [2.45, 2.75) is 24.9 Å². The number of aliphatic hydroxyl groups is 1. The van der Waals surface area contributed by atoms with Gasteiger partial charge in [0.25, 0.3) is 5.91 Å². The zero-order chi connectivity index (χ0) is 26.4. The number of aromatic nitrogens is 2. The Hall–Kier alpha value is -4.37. The lowest BCUT2D eigenvalue weighted by Gasteiger charge is -2.26. The van der Waals surface area contributed by atoms with Gasteiger partial charge in [-0.05, 0) is 67.8 Å². The summed E-state index contributed by atoms with van der Waals surface area (Å²) >= 11 is 0. The maximum absolute atomic E-state index is 13.6. The van der Waals surface area contributed by atoms with E-state index in [2.05, 4.69) is 15.3 Å². The molecule has 2 amide bonds. The van der Waals surface area contributed by atoms with Crippen LogP contribution in [-0.4, -0.2) is 40.0 Å². The van der Waals surface area contributed by atoms with E-state index in [1.807, 2.05) is 6.07 Å². The van der Waals surface area contributed by atoms with Crippen LogP contribution in [0.2, 0.25) is 0 Å². The van der Waals surface area contributed by atoms with Crippen LogP contribution in [0.5, 0.6) is 5.75 Å². The topological polar surface area (TPSA) is 127 Å². The molecule has 0 aliphatic carbocycles. The first kappa shape index (κ1) is 24.3. The molecule has 3 heterocycles. The highest BCUT2D eigenvalue weighted by Gasteiger charge is 2.45. The van der Waals surface area contributed by atoms with Gasteiger partial charge in [0, 0.05) is 34.5 Å². The molecule has 188 valence electrons. The van der Waals surface area contributed by atoms with Crippen LogP contribution >= 0.6 is 0 Å². The van der Waals surface area contributed by atoms with E-state index in [1.165, 1.54) is 31.2 Å². The lowest BCUT2D eigenvalue weighted by molar-refractivity contribution is -0.123. The van der Waals surface area contributed by atoms with E-state index in [4.69, 9.17) is 10.5 Å². The fraction of sp³-hybridized carbons (Fsp3) is 0.214. The van der Waals surface area contributed by atoms with Gasteiger partial charge in [0.2, 0.25) is 5.91 Å². The minimum Gasteiger partial charge on any atom is -0.489 e. The number of halogens is 1. The van der Waals surface area contributed by atoms with Crippen molar-refractivity contribution in [3.63, 3.8) is 0 Å². The Balaban J connectivity index is 1.49. The summed E-state index contributed by atoms with van der Waals surface area (Å²) in [5.74, 6) is -1.03. The van der Waals surface area contributed by atoms with Crippen molar-refractivity contribution < 1.29 is 23.8 Å². The molecule has 5 rings (SSSR count). The van der Waals surface area contributed by atoms with Crippen LogP contribution < -0.4 is 15.8 Å². The van der Waals surface area contributed by atoms with Gasteiger partial charge in [-0.15, -0.1) is 0 Å². The Labute approximate surface area is 212 Å². The number of nitrogens with one attached hydrogen (secondary N) is 1. The molecular weight excluding hydrogens is 475 g/mol. The van der Waals surface area contributed by atoms with Gasteiger partial charge in [0.15, 0.2) is 0 Å². The monoisotopic (exact) mass is 500 g/mol. The van der Waals surface area contributed by atoms with Crippen molar-refractivity contribution >= 4 is 22.6 Å². The van der Waals surface area contributed by atoms with Gasteiger partial charge in [-0.2, -0.15) is 0 Å². The van der Waals surface area contributed by atoms with Crippen LogP contribution in [-0.2, 0) is 15.8 Å². The van der Waals surface area contributed by atoms with Crippen molar-refractivity contribution in [3.05, 3.63) is 89.6 Å². The SMILES string of the molecule is C[C@](O)(CNC(=O)c1ccc2cnccc2c1)c1cc2c(c(-c3ccc(F)cc3)n1)OC[C@]2(C)C(N)=O. The first-order valence-corrected chi connectivity index (χ1v) is 11.7. The largest absolute Gasteiger partial charge is 0.489 e. The standard InChI is InChI=1S/C28H25FN4O4/c1-27(26(30)35)15-37-24-21(27)12-22(33-23(24)16-5-7-20(29)8-6-16)28(2,36)14-32-25(34)18-3-4-19-13-31-10-9-17(19)11-18/h3-13,36H,14-15H2,1-2H3,(H2,30,35)(H,32,34)/t27-,28-/m0/s1. The number of pyridine rings is 2. The highest BCUT2D eigenvalue weighted by Crippen LogP contribution is 2.45. The fourth-order valence-electron chi connectivity index (χ4n) is 4.34. The van der Waals surface area contributed by atoms with E-state index in [0.717, 1.165) is 10.8 Å². The summed E-state index contributed by atoms with van der Waals surface area (Å²) < 4.78 is 19.4. The number of amides is 2. The van der Waals surface area contributed by atoms with Crippen molar-refractivity contribution in [2.24, 2.45) is 5.73 Å². The molecule has 0 saturated carbocycles. The first-order chi connectivity index (χ1) is 17.6. The number of carbonyl (C=O) groups is 2. The molecule has 0 fully saturated rings. The fourth-order valence-corrected chi connectivity index (χ4v) is 4.34. The molecule has 2 aromatic heterocycles. The highest BCUT2D eigenvalue weighted by atomic mass is 19.1. The number of hydrogen-bond acceptors (Lipinski definition) is 6. The van der Waals surface area contributed by atoms with E-state index < -0.39 is 22.7 Å². The summed E-state index contributed by atoms with van der Waals surface area (Å²) in [5, 5.41) is 15.9. The number of benzene rings is 2. The van der Waals surface area contributed by atoms with Gasteiger partial charge in [-0.25, -0.2) is 9.37 Å². The third-order valence-corrected chi connectivity index (χ3v) is 6.78. The molecule has 1 aliphatic heterocycles. The Morgan fingerprint density at radius 1 is 1.16 bits per heavy atom. The Morgan fingerprint density at radius 3 is 2.65 bits per heavy atom. The smallest absolute Gasteiger partial charge is 0.251 e. The van der Waals surface area contributed by atoms with Crippen LogP contribution in [0, 0.1) is 5.82 Å². The lowest BCUT2D eigenvalue weighted by Crippen LogP contribution is -2.41. The molecule has 8 nitrogen and oxygen atoms in total. The second-order valence-electron chi connectivity index (χ2n) is 9.62. The second kappa shape index (κ2) is 8.94. The first-order valence-electron chi connectivity index (χ1n) is 11.7. The van der Waals surface area contributed by atoms with Crippen molar-refractivity contribution in [3.8, 4) is 17.0 Å². The Bertz CT molecular complexity index is 1540. The number of carbonyl (C=O) groups excluding carboxylic acids is 2. The third-order valence-electron chi connectivity index (χ3n) is 6.78. The normalized spacial score (nSPS) is 18.1. The number of nitrogens with zero attached hydrogens (tertiary/aromatic N) is 2. The van der Waals surface area contributed by atoms with Crippen LogP contribution in [0.1, 0.15) is 35.5 Å². The molecule has 2 aromatic carbocycles. The molecule has 9 heteroatoms. The number of hydrogen-bond donors (Lipinski definition) is 3. The predicted octanol–water partition coefficient (Wildman–Crippen LogP) is 3.21. The summed E-state index contributed by atoms with van der Waals surface area (Å²) in [6.45, 7) is 3.02. The van der Waals surface area contributed by atoms with Crippen molar-refractivity contribution in [2.75, 3.05) is 13.2 Å². The van der Waals surface area contributed by atoms with E-state index in [9.17, 15) is 19.1 Å². The lowest BCUT2D eigenvalue weighted by atomic mass is 9.82. The van der Waals surface area contributed by atoms with E-state index >= 15 is 0 Å². The second-order valence-corrected chi connectivity index (χ2v) is 9.62. The number of nitrogens with two attached hydrogens (primary N) is 1. The van der Waals surface area contributed by atoms with Crippen LogP contribution in [0.25, 0.3) is 22.0 Å². The summed E-state index contributed by atoms with van der Waals surface area (Å²) in [6.07, 6.45) is 3.36. The molecule has 0 radical (unpaired) electrons. The van der Waals surface area contributed by atoms with E-state index in [1.54, 1.807) is 43.6 Å². The molecule has 4 aromatic rings.